The van der Waals surface area contributed by atoms with E-state index >= 15 is 0 Å². The Morgan fingerprint density at radius 2 is 2.11 bits per heavy atom. The molecule has 0 N–H and O–H groups in total. The minimum absolute atomic E-state index is 0.558. The van der Waals surface area contributed by atoms with Crippen molar-refractivity contribution in [1.29, 1.82) is 0 Å². The number of thiazole rings is 1. The number of hydrogen-bond donors (Lipinski definition) is 0. The van der Waals surface area contributed by atoms with Gasteiger partial charge in [-0.2, -0.15) is 0 Å². The number of nitrogens with zero attached hydrogens (tertiary/aromatic N) is 4. The van der Waals surface area contributed by atoms with E-state index < -0.39 is 0 Å². The van der Waals surface area contributed by atoms with Gasteiger partial charge < -0.3 is 4.57 Å². The third-order valence-corrected chi connectivity index (χ3v) is 5.40. The Morgan fingerprint density at radius 1 is 1.28 bits per heavy atom. The van der Waals surface area contributed by atoms with Crippen LogP contribution in [-0.4, -0.2) is 19.7 Å². The molecule has 4 nitrogen and oxygen atoms in total. The topological polar surface area (TPSA) is 43.6 Å². The van der Waals surface area contributed by atoms with E-state index in [1.165, 1.54) is 31.5 Å². The average Bonchev–Trinajstić information content (AvgIpc) is 3.27. The molecule has 0 unspecified atom stereocenters. The third kappa shape index (κ3) is 2.06. The molecular weight excluding hydrogens is 288 g/mol. The molecule has 2 fully saturated rings. The van der Waals surface area contributed by atoms with Gasteiger partial charge in [-0.25, -0.2) is 4.98 Å². The van der Waals surface area contributed by atoms with Gasteiger partial charge in [0.15, 0.2) is 9.50 Å². The summed E-state index contributed by atoms with van der Waals surface area (Å²) in [6, 6.07) is 0.619. The van der Waals surface area contributed by atoms with Crippen molar-refractivity contribution in [2.24, 2.45) is 0 Å². The molecule has 2 aliphatic carbocycles. The molecule has 0 saturated heterocycles. The van der Waals surface area contributed by atoms with Gasteiger partial charge in [-0.05, 0) is 37.4 Å². The van der Waals surface area contributed by atoms with Crippen LogP contribution in [0.25, 0.3) is 0 Å². The second-order valence-corrected chi connectivity index (χ2v) is 7.21. The van der Waals surface area contributed by atoms with Crippen LogP contribution in [0.1, 0.15) is 43.5 Å². The summed E-state index contributed by atoms with van der Waals surface area (Å²) in [7, 11) is 0. The molecule has 0 aliphatic heterocycles. The van der Waals surface area contributed by atoms with E-state index in [1.54, 1.807) is 23.1 Å². The van der Waals surface area contributed by atoms with Gasteiger partial charge in [-0.15, -0.1) is 21.5 Å². The first kappa shape index (κ1) is 11.3. The smallest absolute Gasteiger partial charge is 0.198 e. The summed E-state index contributed by atoms with van der Waals surface area (Å²) in [4.78, 5) is 4.26. The second kappa shape index (κ2) is 4.21. The summed E-state index contributed by atoms with van der Waals surface area (Å²) < 4.78 is 3.27. The van der Waals surface area contributed by atoms with Crippen LogP contribution < -0.4 is 0 Å². The molecule has 2 aromatic rings. The first-order valence-electron chi connectivity index (χ1n) is 6.05. The standard InChI is InChI=1S/C11H11ClN4S2/c12-8-5-17-11(13-8)18-10-15-14-9(6-1-2-6)16(10)7-3-4-7/h5-7H,1-4H2. The van der Waals surface area contributed by atoms with E-state index in [0.29, 0.717) is 17.1 Å². The van der Waals surface area contributed by atoms with Gasteiger partial charge >= 0.3 is 0 Å². The van der Waals surface area contributed by atoms with Gasteiger partial charge in [0.1, 0.15) is 11.0 Å². The highest BCUT2D eigenvalue weighted by Gasteiger charge is 2.36. The fourth-order valence-electron chi connectivity index (χ4n) is 2.02. The number of hydrogen-bond acceptors (Lipinski definition) is 5. The molecular formula is C11H11ClN4S2. The molecule has 2 heterocycles. The number of halogens is 1. The highest BCUT2D eigenvalue weighted by atomic mass is 35.5. The van der Waals surface area contributed by atoms with Crippen LogP contribution in [0.3, 0.4) is 0 Å². The SMILES string of the molecule is Clc1csc(Sc2nnc(C3CC3)n2C2CC2)n1. The molecule has 94 valence electrons. The number of rotatable bonds is 4. The summed E-state index contributed by atoms with van der Waals surface area (Å²) in [5.74, 6) is 1.83. The average molecular weight is 299 g/mol. The summed E-state index contributed by atoms with van der Waals surface area (Å²) in [5, 5.41) is 12.1. The quantitative estimate of drug-likeness (QED) is 0.862. The van der Waals surface area contributed by atoms with E-state index in [0.717, 1.165) is 9.50 Å². The predicted molar refractivity (Wildman–Crippen MR) is 71.5 cm³/mol. The van der Waals surface area contributed by atoms with Gasteiger partial charge in [0.05, 0.1) is 0 Å². The Bertz CT molecular complexity index is 586. The molecule has 18 heavy (non-hydrogen) atoms. The molecule has 2 aliphatic rings. The minimum Gasteiger partial charge on any atom is -0.302 e. The summed E-state index contributed by atoms with van der Waals surface area (Å²) in [6.07, 6.45) is 5.03. The Kier molecular flexibility index (Phi) is 2.63. The maximum atomic E-state index is 5.85. The van der Waals surface area contributed by atoms with E-state index in [4.69, 9.17) is 11.6 Å². The normalized spacial score (nSPS) is 19.4. The van der Waals surface area contributed by atoms with Crippen LogP contribution in [0, 0.1) is 0 Å². The highest BCUT2D eigenvalue weighted by molar-refractivity contribution is 8.00. The molecule has 4 rings (SSSR count). The summed E-state index contributed by atoms with van der Waals surface area (Å²) >= 11 is 8.99. The van der Waals surface area contributed by atoms with Gasteiger partial charge in [0, 0.05) is 17.3 Å². The lowest BCUT2D eigenvalue weighted by atomic mass is 10.4. The molecule has 0 bridgehead atoms. The van der Waals surface area contributed by atoms with Crippen molar-refractivity contribution in [1.82, 2.24) is 19.7 Å². The minimum atomic E-state index is 0.558. The van der Waals surface area contributed by atoms with Crippen LogP contribution in [0.15, 0.2) is 14.9 Å². The molecule has 2 aromatic heterocycles. The van der Waals surface area contributed by atoms with Gasteiger partial charge in [-0.1, -0.05) is 11.6 Å². The zero-order valence-corrected chi connectivity index (χ0v) is 11.9. The fourth-order valence-corrected chi connectivity index (χ4v) is 4.02. The predicted octanol–water partition coefficient (Wildman–Crippen LogP) is 3.75. The van der Waals surface area contributed by atoms with Crippen LogP contribution in [0.4, 0.5) is 0 Å². The lowest BCUT2D eigenvalue weighted by molar-refractivity contribution is 0.627. The van der Waals surface area contributed by atoms with Crippen molar-refractivity contribution >= 4 is 34.7 Å². The van der Waals surface area contributed by atoms with Crippen molar-refractivity contribution < 1.29 is 0 Å². The van der Waals surface area contributed by atoms with E-state index in [-0.39, 0.29) is 0 Å². The first-order valence-corrected chi connectivity index (χ1v) is 8.12. The molecule has 0 spiro atoms. The Hall–Kier alpha value is -0.590. The first-order chi connectivity index (χ1) is 8.81. The Balaban J connectivity index is 1.67. The van der Waals surface area contributed by atoms with Crippen LogP contribution in [-0.2, 0) is 0 Å². The molecule has 7 heteroatoms. The highest BCUT2D eigenvalue weighted by Crippen LogP contribution is 2.46. The molecule has 0 atom stereocenters. The second-order valence-electron chi connectivity index (χ2n) is 4.75. The van der Waals surface area contributed by atoms with Crippen molar-refractivity contribution in [3.63, 3.8) is 0 Å². The van der Waals surface area contributed by atoms with Gasteiger partial charge in [0.25, 0.3) is 0 Å². The van der Waals surface area contributed by atoms with Crippen LogP contribution >= 0.6 is 34.7 Å². The molecule has 0 radical (unpaired) electrons. The Morgan fingerprint density at radius 3 is 2.72 bits per heavy atom. The molecule has 0 amide bonds. The fraction of sp³-hybridized carbons (Fsp3) is 0.545. The molecule has 2 saturated carbocycles. The lowest BCUT2D eigenvalue weighted by Crippen LogP contribution is -2.01. The maximum Gasteiger partial charge on any atom is 0.198 e. The summed E-state index contributed by atoms with van der Waals surface area (Å²) in [5.41, 5.74) is 0. The lowest BCUT2D eigenvalue weighted by Gasteiger charge is -2.06. The zero-order chi connectivity index (χ0) is 12.1. The molecule has 0 aromatic carbocycles. The third-order valence-electron chi connectivity index (χ3n) is 3.18. The van der Waals surface area contributed by atoms with Crippen molar-refractivity contribution in [2.45, 2.75) is 47.1 Å². The van der Waals surface area contributed by atoms with Crippen LogP contribution in [0.5, 0.6) is 0 Å². The van der Waals surface area contributed by atoms with E-state index in [1.807, 2.05) is 5.38 Å². The van der Waals surface area contributed by atoms with E-state index in [2.05, 4.69) is 19.7 Å². The maximum absolute atomic E-state index is 5.85. The van der Waals surface area contributed by atoms with Crippen molar-refractivity contribution in [2.75, 3.05) is 0 Å². The zero-order valence-electron chi connectivity index (χ0n) is 9.54. The van der Waals surface area contributed by atoms with Crippen LogP contribution in [0.2, 0.25) is 5.15 Å². The largest absolute Gasteiger partial charge is 0.302 e. The van der Waals surface area contributed by atoms with Crippen molar-refractivity contribution in [3.8, 4) is 0 Å². The summed E-state index contributed by atoms with van der Waals surface area (Å²) in [6.45, 7) is 0. The van der Waals surface area contributed by atoms with Gasteiger partial charge in [0.2, 0.25) is 0 Å². The van der Waals surface area contributed by atoms with Gasteiger partial charge in [-0.3, -0.25) is 0 Å². The monoisotopic (exact) mass is 298 g/mol. The van der Waals surface area contributed by atoms with E-state index in [9.17, 15) is 0 Å². The number of aromatic nitrogens is 4. The Labute approximate surface area is 118 Å². The van der Waals surface area contributed by atoms with Crippen molar-refractivity contribution in [3.05, 3.63) is 16.4 Å².